The highest BCUT2D eigenvalue weighted by Crippen LogP contribution is 2.58. The summed E-state index contributed by atoms with van der Waals surface area (Å²) >= 11 is 0. The molecule has 1 aliphatic heterocycles. The SMILES string of the molecule is CC1C(=O)O[C@@H]2[C@H]1CC[C@H](C)[C@]1(O)CCC(=O)[C@@]21C. The Morgan fingerprint density at radius 2 is 1.95 bits per heavy atom. The van der Waals surface area contributed by atoms with Crippen molar-refractivity contribution in [2.24, 2.45) is 23.2 Å². The number of Topliss-reactive ketones (excluding diaryl/α,β-unsaturated/α-hetero) is 1. The molecule has 0 radical (unpaired) electrons. The zero-order chi connectivity index (χ0) is 14.0. The molecule has 0 aromatic heterocycles. The van der Waals surface area contributed by atoms with Crippen LogP contribution in [0.25, 0.3) is 0 Å². The summed E-state index contributed by atoms with van der Waals surface area (Å²) in [7, 11) is 0. The number of ketones is 1. The van der Waals surface area contributed by atoms with E-state index in [1.807, 2.05) is 20.8 Å². The van der Waals surface area contributed by atoms with Gasteiger partial charge in [-0.25, -0.2) is 0 Å². The average Bonchev–Trinajstić information content (AvgIpc) is 2.76. The van der Waals surface area contributed by atoms with Crippen LogP contribution in [0.3, 0.4) is 0 Å². The summed E-state index contributed by atoms with van der Waals surface area (Å²) in [5.74, 6) is -0.185. The van der Waals surface area contributed by atoms with E-state index in [1.165, 1.54) is 0 Å². The Morgan fingerprint density at radius 1 is 1.26 bits per heavy atom. The van der Waals surface area contributed by atoms with Gasteiger partial charge in [0.1, 0.15) is 11.9 Å². The smallest absolute Gasteiger partial charge is 0.309 e. The molecule has 0 aromatic carbocycles. The Balaban J connectivity index is 2.11. The Bertz CT molecular complexity index is 445. The molecule has 0 aromatic rings. The number of hydrogen-bond donors (Lipinski definition) is 1. The molecule has 4 nitrogen and oxygen atoms in total. The summed E-state index contributed by atoms with van der Waals surface area (Å²) in [4.78, 5) is 24.3. The first-order valence-corrected chi connectivity index (χ1v) is 7.28. The van der Waals surface area contributed by atoms with Gasteiger partial charge in [0.25, 0.3) is 0 Å². The number of esters is 1. The van der Waals surface area contributed by atoms with Crippen LogP contribution >= 0.6 is 0 Å². The molecule has 19 heavy (non-hydrogen) atoms. The highest BCUT2D eigenvalue weighted by Gasteiger charge is 2.68. The normalized spacial score (nSPS) is 53.5. The minimum atomic E-state index is -1.02. The molecule has 0 spiro atoms. The standard InChI is InChI=1S/C15H22O4/c1-8-4-5-10-9(2)13(17)19-12(10)14(3)11(16)6-7-15(8,14)18/h8-10,12,18H,4-7H2,1-3H3/t8-,9?,10-,12+,14-,15+/m0/s1. The second-order valence-corrected chi connectivity index (χ2v) is 6.84. The van der Waals surface area contributed by atoms with Crippen LogP contribution in [0.2, 0.25) is 0 Å². The van der Waals surface area contributed by atoms with E-state index < -0.39 is 17.1 Å². The molecule has 2 saturated carbocycles. The van der Waals surface area contributed by atoms with E-state index in [0.717, 1.165) is 12.8 Å². The number of ether oxygens (including phenoxy) is 1. The van der Waals surface area contributed by atoms with Gasteiger partial charge in [-0.2, -0.15) is 0 Å². The van der Waals surface area contributed by atoms with E-state index in [4.69, 9.17) is 4.74 Å². The topological polar surface area (TPSA) is 63.6 Å². The number of carbonyl (C=O) groups excluding carboxylic acids is 2. The van der Waals surface area contributed by atoms with Crippen LogP contribution in [0.15, 0.2) is 0 Å². The number of carbonyl (C=O) groups is 2. The van der Waals surface area contributed by atoms with Gasteiger partial charge in [0, 0.05) is 12.3 Å². The van der Waals surface area contributed by atoms with Crippen molar-refractivity contribution in [3.05, 3.63) is 0 Å². The van der Waals surface area contributed by atoms with Crippen LogP contribution in [-0.2, 0) is 14.3 Å². The van der Waals surface area contributed by atoms with Gasteiger partial charge in [0.15, 0.2) is 0 Å². The highest BCUT2D eigenvalue weighted by atomic mass is 16.6. The fourth-order valence-electron chi connectivity index (χ4n) is 4.61. The minimum Gasteiger partial charge on any atom is -0.461 e. The predicted molar refractivity (Wildman–Crippen MR) is 68.2 cm³/mol. The zero-order valence-electron chi connectivity index (χ0n) is 11.8. The van der Waals surface area contributed by atoms with E-state index in [1.54, 1.807) is 0 Å². The van der Waals surface area contributed by atoms with Crippen molar-refractivity contribution >= 4 is 11.8 Å². The van der Waals surface area contributed by atoms with Crippen molar-refractivity contribution in [1.82, 2.24) is 0 Å². The van der Waals surface area contributed by atoms with Crippen LogP contribution in [0.5, 0.6) is 0 Å². The van der Waals surface area contributed by atoms with Gasteiger partial charge in [-0.1, -0.05) is 13.8 Å². The third kappa shape index (κ3) is 1.38. The quantitative estimate of drug-likeness (QED) is 0.678. The molecule has 0 amide bonds. The molecular weight excluding hydrogens is 244 g/mol. The van der Waals surface area contributed by atoms with Crippen LogP contribution in [0.4, 0.5) is 0 Å². The summed E-state index contributed by atoms with van der Waals surface area (Å²) in [6.45, 7) is 5.71. The zero-order valence-corrected chi connectivity index (χ0v) is 11.8. The van der Waals surface area contributed by atoms with Crippen molar-refractivity contribution in [1.29, 1.82) is 0 Å². The van der Waals surface area contributed by atoms with Gasteiger partial charge in [0.2, 0.25) is 0 Å². The maximum atomic E-state index is 12.4. The van der Waals surface area contributed by atoms with E-state index in [-0.39, 0.29) is 29.5 Å². The fourth-order valence-corrected chi connectivity index (χ4v) is 4.61. The molecule has 3 rings (SSSR count). The fraction of sp³-hybridized carbons (Fsp3) is 0.867. The first-order chi connectivity index (χ1) is 8.82. The molecule has 4 heteroatoms. The van der Waals surface area contributed by atoms with Gasteiger partial charge >= 0.3 is 5.97 Å². The first kappa shape index (κ1) is 13.1. The molecule has 1 unspecified atom stereocenters. The summed E-state index contributed by atoms with van der Waals surface area (Å²) < 4.78 is 5.54. The molecule has 106 valence electrons. The lowest BCUT2D eigenvalue weighted by Crippen LogP contribution is -2.56. The Hall–Kier alpha value is -0.900. The molecule has 3 aliphatic rings. The minimum absolute atomic E-state index is 0.0562. The predicted octanol–water partition coefficient (Wildman–Crippen LogP) is 1.69. The third-order valence-electron chi connectivity index (χ3n) is 6.18. The second kappa shape index (κ2) is 3.81. The van der Waals surface area contributed by atoms with Gasteiger partial charge in [-0.15, -0.1) is 0 Å². The summed E-state index contributed by atoms with van der Waals surface area (Å²) in [6, 6.07) is 0. The molecular formula is C15H22O4. The maximum Gasteiger partial charge on any atom is 0.309 e. The summed E-state index contributed by atoms with van der Waals surface area (Å²) in [6.07, 6.45) is 2.15. The van der Waals surface area contributed by atoms with Crippen LogP contribution < -0.4 is 0 Å². The molecule has 3 fully saturated rings. The van der Waals surface area contributed by atoms with Crippen molar-refractivity contribution in [2.45, 2.75) is 58.2 Å². The largest absolute Gasteiger partial charge is 0.461 e. The average molecular weight is 266 g/mol. The van der Waals surface area contributed by atoms with E-state index in [9.17, 15) is 14.7 Å². The lowest BCUT2D eigenvalue weighted by Gasteiger charge is -2.44. The monoisotopic (exact) mass is 266 g/mol. The van der Waals surface area contributed by atoms with E-state index >= 15 is 0 Å². The van der Waals surface area contributed by atoms with Crippen molar-refractivity contribution in [2.75, 3.05) is 0 Å². The van der Waals surface area contributed by atoms with Gasteiger partial charge in [-0.05, 0) is 32.1 Å². The number of hydrogen-bond acceptors (Lipinski definition) is 4. The number of aliphatic hydroxyl groups is 1. The van der Waals surface area contributed by atoms with Crippen molar-refractivity contribution in [3.63, 3.8) is 0 Å². The molecule has 6 atom stereocenters. The lowest BCUT2D eigenvalue weighted by molar-refractivity contribution is -0.171. The molecule has 1 heterocycles. The van der Waals surface area contributed by atoms with E-state index in [2.05, 4.69) is 0 Å². The third-order valence-corrected chi connectivity index (χ3v) is 6.18. The lowest BCUT2D eigenvalue weighted by atomic mass is 9.65. The maximum absolute atomic E-state index is 12.4. The van der Waals surface area contributed by atoms with Crippen LogP contribution in [0, 0.1) is 23.2 Å². The van der Waals surface area contributed by atoms with Gasteiger partial charge in [-0.3, -0.25) is 9.59 Å². The van der Waals surface area contributed by atoms with E-state index in [0.29, 0.717) is 12.8 Å². The van der Waals surface area contributed by atoms with Gasteiger partial charge < -0.3 is 9.84 Å². The summed E-state index contributed by atoms with van der Waals surface area (Å²) in [5, 5.41) is 11.1. The van der Waals surface area contributed by atoms with Crippen molar-refractivity contribution in [3.8, 4) is 0 Å². The number of fused-ring (bicyclic) bond motifs is 3. The molecule has 2 aliphatic carbocycles. The molecule has 0 bridgehead atoms. The molecule has 1 N–H and O–H groups in total. The number of rotatable bonds is 0. The molecule has 1 saturated heterocycles. The van der Waals surface area contributed by atoms with Crippen molar-refractivity contribution < 1.29 is 19.4 Å². The van der Waals surface area contributed by atoms with Crippen LogP contribution in [-0.4, -0.2) is 28.6 Å². The Morgan fingerprint density at radius 3 is 2.63 bits per heavy atom. The first-order valence-electron chi connectivity index (χ1n) is 7.28. The summed E-state index contributed by atoms with van der Waals surface area (Å²) in [5.41, 5.74) is -1.94. The van der Waals surface area contributed by atoms with Crippen LogP contribution in [0.1, 0.15) is 46.5 Å². The van der Waals surface area contributed by atoms with Gasteiger partial charge in [0.05, 0.1) is 16.9 Å². The Labute approximate surface area is 113 Å². The second-order valence-electron chi connectivity index (χ2n) is 6.84. The Kier molecular flexibility index (Phi) is 2.63. The highest BCUT2D eigenvalue weighted by molar-refractivity contribution is 5.90.